The molecule has 1 aromatic rings. The summed E-state index contributed by atoms with van der Waals surface area (Å²) in [4.78, 5) is 11.4. The molecule has 0 aliphatic rings. The smallest absolute Gasteiger partial charge is 0.220 e. The monoisotopic (exact) mass is 270 g/mol. The minimum atomic E-state index is -0.706. The summed E-state index contributed by atoms with van der Waals surface area (Å²) in [6.07, 6.45) is -0.0657. The van der Waals surface area contributed by atoms with E-state index in [1.165, 1.54) is 0 Å². The Kier molecular flexibility index (Phi) is 5.44. The van der Waals surface area contributed by atoms with Gasteiger partial charge in [-0.1, -0.05) is 17.7 Å². The molecule has 0 aromatic heterocycles. The van der Waals surface area contributed by atoms with Crippen LogP contribution in [0.25, 0.3) is 0 Å². The maximum Gasteiger partial charge on any atom is 0.220 e. The van der Waals surface area contributed by atoms with E-state index in [1.807, 2.05) is 13.8 Å². The molecule has 0 fully saturated rings. The number of rotatable bonds is 5. The number of amides is 1. The van der Waals surface area contributed by atoms with E-state index >= 15 is 0 Å². The number of hydrogen-bond acceptors (Lipinski definition) is 3. The van der Waals surface area contributed by atoms with E-state index < -0.39 is 6.10 Å². The minimum absolute atomic E-state index is 0.0639. The van der Waals surface area contributed by atoms with Crippen molar-refractivity contribution >= 4 is 23.2 Å². The van der Waals surface area contributed by atoms with Crippen molar-refractivity contribution in [3.63, 3.8) is 0 Å². The highest BCUT2D eigenvalue weighted by atomic mass is 35.5. The quantitative estimate of drug-likeness (QED) is 0.719. The summed E-state index contributed by atoms with van der Waals surface area (Å²) in [5, 5.41) is 13.2. The Labute approximate surface area is 112 Å². The zero-order valence-corrected chi connectivity index (χ0v) is 11.4. The summed E-state index contributed by atoms with van der Waals surface area (Å²) in [5.41, 5.74) is 6.76. The van der Waals surface area contributed by atoms with Crippen molar-refractivity contribution in [1.29, 1.82) is 0 Å². The predicted octanol–water partition coefficient (Wildman–Crippen LogP) is 2.26. The van der Waals surface area contributed by atoms with Gasteiger partial charge in [-0.3, -0.25) is 4.79 Å². The number of nitrogens with two attached hydrogens (primary N) is 1. The molecule has 0 aliphatic carbocycles. The Morgan fingerprint density at radius 1 is 1.50 bits per heavy atom. The molecule has 1 unspecified atom stereocenters. The van der Waals surface area contributed by atoms with E-state index in [1.54, 1.807) is 18.2 Å². The number of aliphatic hydroxyl groups is 1. The Hall–Kier alpha value is -1.26. The van der Waals surface area contributed by atoms with Gasteiger partial charge in [-0.25, -0.2) is 0 Å². The molecule has 0 saturated heterocycles. The van der Waals surface area contributed by atoms with Crippen molar-refractivity contribution in [1.82, 2.24) is 5.32 Å². The lowest BCUT2D eigenvalue weighted by Crippen LogP contribution is -2.30. The van der Waals surface area contributed by atoms with Crippen LogP contribution < -0.4 is 11.1 Å². The zero-order chi connectivity index (χ0) is 13.7. The topological polar surface area (TPSA) is 75.3 Å². The Bertz CT molecular complexity index is 421. The van der Waals surface area contributed by atoms with Crippen molar-refractivity contribution < 1.29 is 9.90 Å². The van der Waals surface area contributed by atoms with Crippen LogP contribution in [0.3, 0.4) is 0 Å². The van der Waals surface area contributed by atoms with Gasteiger partial charge in [0.2, 0.25) is 5.91 Å². The van der Waals surface area contributed by atoms with Crippen molar-refractivity contribution in [3.05, 3.63) is 28.8 Å². The summed E-state index contributed by atoms with van der Waals surface area (Å²) in [7, 11) is 0. The van der Waals surface area contributed by atoms with E-state index in [-0.39, 0.29) is 18.4 Å². The van der Waals surface area contributed by atoms with Crippen LogP contribution in [-0.4, -0.2) is 17.1 Å². The van der Waals surface area contributed by atoms with Crippen molar-refractivity contribution in [2.75, 3.05) is 5.73 Å². The number of nitrogen functional groups attached to an aromatic ring is 1. The highest BCUT2D eigenvalue weighted by Gasteiger charge is 2.12. The van der Waals surface area contributed by atoms with E-state index in [0.717, 1.165) is 0 Å². The molecular weight excluding hydrogens is 252 g/mol. The number of aliphatic hydroxyl groups excluding tert-OH is 1. The molecule has 1 rings (SSSR count). The average Bonchev–Trinajstić information content (AvgIpc) is 2.28. The number of carbonyl (C=O) groups excluding carboxylic acids is 1. The zero-order valence-electron chi connectivity index (χ0n) is 10.6. The van der Waals surface area contributed by atoms with E-state index in [0.29, 0.717) is 22.7 Å². The SMILES string of the molecule is CC(C)NC(=O)CCC(O)c1ccc(Cl)c(N)c1. The van der Waals surface area contributed by atoms with Crippen LogP contribution in [0.4, 0.5) is 5.69 Å². The lowest BCUT2D eigenvalue weighted by atomic mass is 10.0. The number of carbonyl (C=O) groups is 1. The molecule has 0 spiro atoms. The van der Waals surface area contributed by atoms with E-state index in [9.17, 15) is 9.90 Å². The molecule has 0 aliphatic heterocycles. The molecular formula is C13H19ClN2O2. The molecule has 18 heavy (non-hydrogen) atoms. The first kappa shape index (κ1) is 14.8. The number of benzene rings is 1. The summed E-state index contributed by atoms with van der Waals surface area (Å²) in [5.74, 6) is -0.0639. The van der Waals surface area contributed by atoms with E-state index in [2.05, 4.69) is 5.32 Å². The van der Waals surface area contributed by atoms with Crippen molar-refractivity contribution in [2.24, 2.45) is 0 Å². The molecule has 0 radical (unpaired) electrons. The molecule has 1 atom stereocenters. The maximum absolute atomic E-state index is 11.4. The molecule has 0 heterocycles. The molecule has 100 valence electrons. The fourth-order valence-corrected chi connectivity index (χ4v) is 1.72. The standard InChI is InChI=1S/C13H19ClN2O2/c1-8(2)16-13(18)6-5-12(17)9-3-4-10(14)11(15)7-9/h3-4,7-8,12,17H,5-6,15H2,1-2H3,(H,16,18). The van der Waals surface area contributed by atoms with Crippen LogP contribution in [0.5, 0.6) is 0 Å². The number of nitrogens with one attached hydrogen (secondary N) is 1. The molecule has 0 bridgehead atoms. The van der Waals surface area contributed by atoms with Gasteiger partial charge in [0.05, 0.1) is 16.8 Å². The number of halogens is 1. The average molecular weight is 271 g/mol. The third-order valence-electron chi connectivity index (χ3n) is 2.50. The Morgan fingerprint density at radius 2 is 2.17 bits per heavy atom. The second-order valence-electron chi connectivity index (χ2n) is 4.56. The predicted molar refractivity (Wildman–Crippen MR) is 73.3 cm³/mol. The molecule has 1 amide bonds. The summed E-state index contributed by atoms with van der Waals surface area (Å²) >= 11 is 5.80. The van der Waals surface area contributed by atoms with E-state index in [4.69, 9.17) is 17.3 Å². The largest absolute Gasteiger partial charge is 0.398 e. The number of hydrogen-bond donors (Lipinski definition) is 3. The van der Waals surface area contributed by atoms with Crippen LogP contribution in [0.2, 0.25) is 5.02 Å². The van der Waals surface area contributed by atoms with Crippen LogP contribution in [-0.2, 0) is 4.79 Å². The van der Waals surface area contributed by atoms with Gasteiger partial charge in [0, 0.05) is 12.5 Å². The van der Waals surface area contributed by atoms with Gasteiger partial charge >= 0.3 is 0 Å². The summed E-state index contributed by atoms with van der Waals surface area (Å²) in [6, 6.07) is 5.10. The maximum atomic E-state index is 11.4. The van der Waals surface area contributed by atoms with Gasteiger partial charge in [-0.2, -0.15) is 0 Å². The van der Waals surface area contributed by atoms with Gasteiger partial charge < -0.3 is 16.2 Å². The first-order valence-corrected chi connectivity index (χ1v) is 6.30. The lowest BCUT2D eigenvalue weighted by molar-refractivity contribution is -0.122. The molecule has 5 heteroatoms. The van der Waals surface area contributed by atoms with Gasteiger partial charge in [0.15, 0.2) is 0 Å². The van der Waals surface area contributed by atoms with Crippen molar-refractivity contribution in [2.45, 2.75) is 38.8 Å². The van der Waals surface area contributed by atoms with Crippen LogP contribution in [0.1, 0.15) is 38.4 Å². The van der Waals surface area contributed by atoms with Gasteiger partial charge in [0.1, 0.15) is 0 Å². The second kappa shape index (κ2) is 6.61. The van der Waals surface area contributed by atoms with Crippen LogP contribution in [0.15, 0.2) is 18.2 Å². The third kappa shape index (κ3) is 4.55. The molecule has 1 aromatic carbocycles. The third-order valence-corrected chi connectivity index (χ3v) is 2.84. The van der Waals surface area contributed by atoms with Gasteiger partial charge in [-0.15, -0.1) is 0 Å². The summed E-state index contributed by atoms with van der Waals surface area (Å²) < 4.78 is 0. The Morgan fingerprint density at radius 3 is 2.72 bits per heavy atom. The minimum Gasteiger partial charge on any atom is -0.398 e. The number of anilines is 1. The first-order chi connectivity index (χ1) is 8.40. The lowest BCUT2D eigenvalue weighted by Gasteiger charge is -2.13. The second-order valence-corrected chi connectivity index (χ2v) is 4.96. The fraction of sp³-hybridized carbons (Fsp3) is 0.462. The Balaban J connectivity index is 2.52. The first-order valence-electron chi connectivity index (χ1n) is 5.92. The van der Waals surface area contributed by atoms with Crippen LogP contribution >= 0.6 is 11.6 Å². The molecule has 4 nitrogen and oxygen atoms in total. The highest BCUT2D eigenvalue weighted by molar-refractivity contribution is 6.33. The molecule has 4 N–H and O–H groups in total. The normalized spacial score (nSPS) is 12.5. The van der Waals surface area contributed by atoms with Crippen molar-refractivity contribution in [3.8, 4) is 0 Å². The van der Waals surface area contributed by atoms with Gasteiger partial charge in [0.25, 0.3) is 0 Å². The van der Waals surface area contributed by atoms with Gasteiger partial charge in [-0.05, 0) is 38.0 Å². The summed E-state index contributed by atoms with van der Waals surface area (Å²) in [6.45, 7) is 3.79. The fourth-order valence-electron chi connectivity index (χ4n) is 1.60. The molecule has 0 saturated carbocycles. The highest BCUT2D eigenvalue weighted by Crippen LogP contribution is 2.25. The van der Waals surface area contributed by atoms with Crippen LogP contribution in [0, 0.1) is 0 Å².